The van der Waals surface area contributed by atoms with Crippen LogP contribution in [0.1, 0.15) is 18.4 Å². The highest BCUT2D eigenvalue weighted by atomic mass is 19.1. The van der Waals surface area contributed by atoms with Crippen molar-refractivity contribution in [3.8, 4) is 0 Å². The van der Waals surface area contributed by atoms with Gasteiger partial charge in [0.1, 0.15) is 12.4 Å². The minimum absolute atomic E-state index is 0.207. The first-order valence-electron chi connectivity index (χ1n) is 6.92. The van der Waals surface area contributed by atoms with Crippen LogP contribution in [0.4, 0.5) is 9.18 Å². The Morgan fingerprint density at radius 2 is 2.10 bits per heavy atom. The molecule has 0 bridgehead atoms. The highest BCUT2D eigenvalue weighted by Crippen LogP contribution is 2.16. The smallest absolute Gasteiger partial charge is 0.409 e. The van der Waals surface area contributed by atoms with Crippen molar-refractivity contribution in [1.29, 1.82) is 0 Å². The highest BCUT2D eigenvalue weighted by molar-refractivity contribution is 5.69. The van der Waals surface area contributed by atoms with Gasteiger partial charge in [-0.2, -0.15) is 0 Å². The van der Waals surface area contributed by atoms with E-state index >= 15 is 0 Å². The molecule has 0 radical (unpaired) electrons. The van der Waals surface area contributed by atoms with Crippen molar-refractivity contribution in [3.63, 3.8) is 0 Å². The lowest BCUT2D eigenvalue weighted by molar-refractivity contribution is 0.155. The molecule has 0 N–H and O–H groups in total. The Morgan fingerprint density at radius 1 is 1.40 bits per heavy atom. The zero-order chi connectivity index (χ0) is 14.5. The van der Waals surface area contributed by atoms with Gasteiger partial charge >= 0.3 is 6.09 Å². The van der Waals surface area contributed by atoms with Crippen LogP contribution in [0, 0.1) is 5.82 Å². The number of halogens is 1. The molecule has 0 unspecified atom stereocenters. The molecular weight excluding hydrogens is 259 g/mol. The first-order chi connectivity index (χ1) is 9.56. The largest absolute Gasteiger partial charge is 0.448 e. The topological polar surface area (TPSA) is 32.8 Å². The van der Waals surface area contributed by atoms with Crippen LogP contribution in [-0.2, 0) is 4.74 Å². The van der Waals surface area contributed by atoms with Gasteiger partial charge in [-0.1, -0.05) is 19.1 Å². The maximum Gasteiger partial charge on any atom is 0.409 e. The molecule has 110 valence electrons. The molecule has 1 aliphatic heterocycles. The van der Waals surface area contributed by atoms with Gasteiger partial charge in [0.05, 0.1) is 6.54 Å². The summed E-state index contributed by atoms with van der Waals surface area (Å²) in [4.78, 5) is 15.2. The second kappa shape index (κ2) is 6.70. The maximum absolute atomic E-state index is 12.9. The average molecular weight is 280 g/mol. The molecule has 0 spiro atoms. The molecule has 1 fully saturated rings. The number of carbonyl (C=O) groups is 1. The number of ether oxygens (including phenoxy) is 1. The van der Waals surface area contributed by atoms with Gasteiger partial charge < -0.3 is 14.5 Å². The summed E-state index contributed by atoms with van der Waals surface area (Å²) in [7, 11) is 2.03. The van der Waals surface area contributed by atoms with E-state index in [9.17, 15) is 9.18 Å². The van der Waals surface area contributed by atoms with Crippen LogP contribution in [0.15, 0.2) is 24.3 Å². The van der Waals surface area contributed by atoms with E-state index in [1.54, 1.807) is 4.90 Å². The first-order valence-corrected chi connectivity index (χ1v) is 6.92. The Kier molecular flexibility index (Phi) is 4.95. The average Bonchev–Trinajstić information content (AvgIpc) is 2.82. The molecule has 0 aliphatic carbocycles. The SMILES string of the molecule is C[C@H](CN(C)CCN1CCOC1=O)c1ccc(F)cc1. The lowest BCUT2D eigenvalue weighted by Crippen LogP contribution is -2.35. The third-order valence-electron chi connectivity index (χ3n) is 3.62. The predicted molar refractivity (Wildman–Crippen MR) is 75.2 cm³/mol. The normalized spacial score (nSPS) is 16.6. The monoisotopic (exact) mass is 280 g/mol. The van der Waals surface area contributed by atoms with Gasteiger partial charge in [-0.05, 0) is 30.7 Å². The molecule has 1 atom stereocenters. The second-order valence-corrected chi connectivity index (χ2v) is 5.32. The quantitative estimate of drug-likeness (QED) is 0.801. The summed E-state index contributed by atoms with van der Waals surface area (Å²) in [6.07, 6.45) is -0.218. The third kappa shape index (κ3) is 3.93. The van der Waals surface area contributed by atoms with Crippen molar-refractivity contribution >= 4 is 6.09 Å². The van der Waals surface area contributed by atoms with E-state index < -0.39 is 0 Å². The molecule has 1 saturated heterocycles. The van der Waals surface area contributed by atoms with Gasteiger partial charge in [0.15, 0.2) is 0 Å². The van der Waals surface area contributed by atoms with Crippen LogP contribution in [0.25, 0.3) is 0 Å². The predicted octanol–water partition coefficient (Wildman–Crippen LogP) is 2.31. The standard InChI is InChI=1S/C15H21FN2O2/c1-12(13-3-5-14(16)6-4-13)11-17(2)7-8-18-9-10-20-15(18)19/h3-6,12H,7-11H2,1-2H3/t12-/m1/s1. The van der Waals surface area contributed by atoms with E-state index in [2.05, 4.69) is 11.8 Å². The van der Waals surface area contributed by atoms with E-state index in [1.165, 1.54) is 12.1 Å². The van der Waals surface area contributed by atoms with Crippen LogP contribution >= 0.6 is 0 Å². The molecule has 1 aromatic carbocycles. The summed E-state index contributed by atoms with van der Waals surface area (Å²) in [5.41, 5.74) is 1.12. The third-order valence-corrected chi connectivity index (χ3v) is 3.62. The van der Waals surface area contributed by atoms with Crippen molar-refractivity contribution < 1.29 is 13.9 Å². The molecule has 1 amide bonds. The van der Waals surface area contributed by atoms with E-state index in [0.29, 0.717) is 25.6 Å². The first kappa shape index (κ1) is 14.8. The van der Waals surface area contributed by atoms with Gasteiger partial charge in [-0.3, -0.25) is 0 Å². The lowest BCUT2D eigenvalue weighted by atomic mass is 10.0. The number of rotatable bonds is 6. The van der Waals surface area contributed by atoms with E-state index in [0.717, 1.165) is 18.7 Å². The summed E-state index contributed by atoms with van der Waals surface area (Å²) in [6.45, 7) is 5.66. The lowest BCUT2D eigenvalue weighted by Gasteiger charge is -2.23. The highest BCUT2D eigenvalue weighted by Gasteiger charge is 2.21. The van der Waals surface area contributed by atoms with Crippen LogP contribution in [-0.4, -0.2) is 55.7 Å². The van der Waals surface area contributed by atoms with Crippen molar-refractivity contribution in [3.05, 3.63) is 35.6 Å². The zero-order valence-corrected chi connectivity index (χ0v) is 12.0. The van der Waals surface area contributed by atoms with Gasteiger partial charge in [-0.15, -0.1) is 0 Å². The van der Waals surface area contributed by atoms with Gasteiger partial charge in [0.25, 0.3) is 0 Å². The molecule has 2 rings (SSSR count). The van der Waals surface area contributed by atoms with Crippen molar-refractivity contribution in [2.24, 2.45) is 0 Å². The number of hydrogen-bond donors (Lipinski definition) is 0. The maximum atomic E-state index is 12.9. The summed E-state index contributed by atoms with van der Waals surface area (Å²) >= 11 is 0. The van der Waals surface area contributed by atoms with Gasteiger partial charge in [-0.25, -0.2) is 9.18 Å². The van der Waals surface area contributed by atoms with E-state index in [4.69, 9.17) is 4.74 Å². The molecule has 0 aromatic heterocycles. The molecule has 1 aromatic rings. The summed E-state index contributed by atoms with van der Waals surface area (Å²) in [5, 5.41) is 0. The fourth-order valence-electron chi connectivity index (χ4n) is 2.38. The molecule has 4 nitrogen and oxygen atoms in total. The summed E-state index contributed by atoms with van der Waals surface area (Å²) in [6, 6.07) is 6.63. The fraction of sp³-hybridized carbons (Fsp3) is 0.533. The van der Waals surface area contributed by atoms with Crippen LogP contribution < -0.4 is 0 Å². The number of hydrogen-bond acceptors (Lipinski definition) is 3. The number of benzene rings is 1. The van der Waals surface area contributed by atoms with Gasteiger partial charge in [0.2, 0.25) is 0 Å². The zero-order valence-electron chi connectivity index (χ0n) is 12.0. The molecule has 1 aliphatic rings. The number of nitrogens with zero attached hydrogens (tertiary/aromatic N) is 2. The van der Waals surface area contributed by atoms with E-state index in [1.807, 2.05) is 19.2 Å². The number of likely N-dealkylation sites (N-methyl/N-ethyl adjacent to an activating group) is 1. The molecule has 0 saturated carbocycles. The Hall–Kier alpha value is -1.62. The number of cyclic esters (lactones) is 1. The number of amides is 1. The van der Waals surface area contributed by atoms with Crippen LogP contribution in [0.3, 0.4) is 0 Å². The number of carbonyl (C=O) groups excluding carboxylic acids is 1. The Labute approximate surface area is 119 Å². The Morgan fingerprint density at radius 3 is 2.70 bits per heavy atom. The van der Waals surface area contributed by atoms with Crippen LogP contribution in [0.2, 0.25) is 0 Å². The summed E-state index contributed by atoms with van der Waals surface area (Å²) < 4.78 is 17.8. The van der Waals surface area contributed by atoms with Crippen LogP contribution in [0.5, 0.6) is 0 Å². The van der Waals surface area contributed by atoms with Crippen molar-refractivity contribution in [2.45, 2.75) is 12.8 Å². The molecule has 20 heavy (non-hydrogen) atoms. The van der Waals surface area contributed by atoms with E-state index in [-0.39, 0.29) is 11.9 Å². The van der Waals surface area contributed by atoms with Crippen molar-refractivity contribution in [2.75, 3.05) is 39.8 Å². The Balaban J connectivity index is 1.77. The molecule has 1 heterocycles. The fourth-order valence-corrected chi connectivity index (χ4v) is 2.38. The summed E-state index contributed by atoms with van der Waals surface area (Å²) in [5.74, 6) is 0.118. The second-order valence-electron chi connectivity index (χ2n) is 5.32. The Bertz CT molecular complexity index is 450. The van der Waals surface area contributed by atoms with Crippen molar-refractivity contribution in [1.82, 2.24) is 9.80 Å². The molecular formula is C15H21FN2O2. The van der Waals surface area contributed by atoms with Gasteiger partial charge in [0, 0.05) is 19.6 Å². The molecule has 5 heteroatoms. The minimum atomic E-state index is -0.218. The minimum Gasteiger partial charge on any atom is -0.448 e.